The number of thiophene rings is 1. The summed E-state index contributed by atoms with van der Waals surface area (Å²) in [5.74, 6) is 0.421. The Bertz CT molecular complexity index is 1670. The molecule has 1 atom stereocenters. The number of nitrogens with one attached hydrogen (secondary N) is 1. The lowest BCUT2D eigenvalue weighted by molar-refractivity contribution is -0.123. The molecule has 0 aliphatic carbocycles. The summed E-state index contributed by atoms with van der Waals surface area (Å²) in [7, 11) is 0. The highest BCUT2D eigenvalue weighted by Crippen LogP contribution is 2.49. The van der Waals surface area contributed by atoms with Crippen LogP contribution in [0.5, 0.6) is 0 Å². The van der Waals surface area contributed by atoms with E-state index in [0.29, 0.717) is 17.4 Å². The Kier molecular flexibility index (Phi) is 7.91. The molecule has 41 heavy (non-hydrogen) atoms. The van der Waals surface area contributed by atoms with Crippen LogP contribution in [-0.2, 0) is 16.1 Å². The van der Waals surface area contributed by atoms with E-state index in [2.05, 4.69) is 16.4 Å². The Labute approximate surface area is 251 Å². The van der Waals surface area contributed by atoms with Crippen molar-refractivity contribution in [2.45, 2.75) is 18.7 Å². The molecule has 0 saturated carbocycles. The number of nitrogens with zero attached hydrogens (tertiary/aromatic N) is 4. The third kappa shape index (κ3) is 5.79. The van der Waals surface area contributed by atoms with Crippen LogP contribution >= 0.6 is 34.7 Å². The number of benzene rings is 2. The molecule has 6 rings (SSSR count). The standard InChI is InChI=1S/C31H26ClN5O2S2/c1-20-4-10-24(11-5-20)37-31-28(29(35-37)22-6-8-23(32)9-7-22)30(25-3-2-16-40-25)41-19-27(39)36(31)18-26(38)34-17-21-12-14-33-15-13-21/h2-16,30H,17-19H2,1H3,(H,34,38)/t30-/m1/s1. The molecule has 3 aromatic heterocycles. The highest BCUT2D eigenvalue weighted by atomic mass is 35.5. The number of aryl methyl sites for hydroxylation is 1. The largest absolute Gasteiger partial charge is 0.350 e. The minimum Gasteiger partial charge on any atom is -0.350 e. The summed E-state index contributed by atoms with van der Waals surface area (Å²) in [6, 6.07) is 23.4. The number of carbonyl (C=O) groups is 2. The summed E-state index contributed by atoms with van der Waals surface area (Å²) in [6.45, 7) is 2.24. The first-order chi connectivity index (χ1) is 20.0. The fourth-order valence-corrected chi connectivity index (χ4v) is 7.07. The highest BCUT2D eigenvalue weighted by molar-refractivity contribution is 8.00. The van der Waals surface area contributed by atoms with Crippen molar-refractivity contribution in [1.29, 1.82) is 0 Å². The van der Waals surface area contributed by atoms with E-state index in [9.17, 15) is 9.59 Å². The molecule has 1 N–H and O–H groups in total. The van der Waals surface area contributed by atoms with Crippen LogP contribution in [0.3, 0.4) is 0 Å². The maximum absolute atomic E-state index is 13.8. The fraction of sp³-hybridized carbons (Fsp3) is 0.161. The van der Waals surface area contributed by atoms with E-state index in [1.165, 1.54) is 0 Å². The van der Waals surface area contributed by atoms with Crippen molar-refractivity contribution >= 4 is 52.3 Å². The number of thioether (sulfide) groups is 1. The second-order valence-electron chi connectivity index (χ2n) is 9.66. The molecule has 1 aliphatic rings. The predicted octanol–water partition coefficient (Wildman–Crippen LogP) is 6.44. The average Bonchev–Trinajstić information content (AvgIpc) is 3.63. The predicted molar refractivity (Wildman–Crippen MR) is 166 cm³/mol. The van der Waals surface area contributed by atoms with Gasteiger partial charge in [-0.1, -0.05) is 47.5 Å². The molecular formula is C31H26ClN5O2S2. The zero-order chi connectivity index (χ0) is 28.3. The Balaban J connectivity index is 1.50. The van der Waals surface area contributed by atoms with Gasteiger partial charge in [0.15, 0.2) is 0 Å². The van der Waals surface area contributed by atoms with Crippen molar-refractivity contribution in [2.24, 2.45) is 0 Å². The van der Waals surface area contributed by atoms with Crippen LogP contribution < -0.4 is 10.2 Å². The Hall–Kier alpha value is -3.92. The normalized spacial score (nSPS) is 14.9. The summed E-state index contributed by atoms with van der Waals surface area (Å²) >= 11 is 9.44. The molecule has 0 fully saturated rings. The molecule has 1 aliphatic heterocycles. The molecule has 0 radical (unpaired) electrons. The SMILES string of the molecule is Cc1ccc(-n2nc(-c3ccc(Cl)cc3)c3c2N(CC(=O)NCc2ccncc2)C(=O)CS[C@@H]3c2cccs2)cc1. The third-order valence-corrected chi connectivity index (χ3v) is 9.40. The smallest absolute Gasteiger partial charge is 0.240 e. The van der Waals surface area contributed by atoms with Crippen LogP contribution in [-0.4, -0.2) is 38.9 Å². The van der Waals surface area contributed by atoms with E-state index in [0.717, 1.165) is 38.5 Å². The van der Waals surface area contributed by atoms with Crippen LogP contribution in [0.4, 0.5) is 5.82 Å². The monoisotopic (exact) mass is 599 g/mol. The molecule has 0 saturated heterocycles. The van der Waals surface area contributed by atoms with Gasteiger partial charge in [-0.15, -0.1) is 23.1 Å². The summed E-state index contributed by atoms with van der Waals surface area (Å²) in [6.07, 6.45) is 3.37. The van der Waals surface area contributed by atoms with Crippen LogP contribution in [0.25, 0.3) is 16.9 Å². The van der Waals surface area contributed by atoms with Crippen LogP contribution in [0, 0.1) is 6.92 Å². The number of fused-ring (bicyclic) bond motifs is 1. The van der Waals surface area contributed by atoms with E-state index in [1.54, 1.807) is 45.1 Å². The van der Waals surface area contributed by atoms with Gasteiger partial charge in [0.1, 0.15) is 12.4 Å². The van der Waals surface area contributed by atoms with Crippen molar-refractivity contribution in [3.63, 3.8) is 0 Å². The number of hydrogen-bond acceptors (Lipinski definition) is 6. The number of halogens is 1. The summed E-state index contributed by atoms with van der Waals surface area (Å²) in [4.78, 5) is 33.8. The van der Waals surface area contributed by atoms with Gasteiger partial charge in [-0.25, -0.2) is 4.68 Å². The molecule has 0 spiro atoms. The van der Waals surface area contributed by atoms with Crippen LogP contribution in [0.15, 0.2) is 90.6 Å². The first-order valence-corrected chi connectivity index (χ1v) is 15.4. The lowest BCUT2D eigenvalue weighted by atomic mass is 10.0. The number of anilines is 1. The van der Waals surface area contributed by atoms with Crippen molar-refractivity contribution < 1.29 is 9.59 Å². The molecule has 2 aromatic carbocycles. The topological polar surface area (TPSA) is 80.1 Å². The second-order valence-corrected chi connectivity index (χ2v) is 12.2. The van der Waals surface area contributed by atoms with E-state index in [4.69, 9.17) is 16.7 Å². The summed E-state index contributed by atoms with van der Waals surface area (Å²) in [5, 5.41) is 10.6. The number of aromatic nitrogens is 3. The van der Waals surface area contributed by atoms with Gasteiger partial charge in [-0.05, 0) is 60.3 Å². The van der Waals surface area contributed by atoms with E-state index < -0.39 is 0 Å². The average molecular weight is 600 g/mol. The van der Waals surface area contributed by atoms with Gasteiger partial charge in [-0.3, -0.25) is 19.5 Å². The quantitative estimate of drug-likeness (QED) is 0.233. The minimum absolute atomic E-state index is 0.133. The number of hydrogen-bond donors (Lipinski definition) is 1. The third-order valence-electron chi connectivity index (χ3n) is 6.83. The van der Waals surface area contributed by atoms with Gasteiger partial charge in [0, 0.05) is 40.0 Å². The van der Waals surface area contributed by atoms with Crippen molar-refractivity contribution in [1.82, 2.24) is 20.1 Å². The molecule has 7 nitrogen and oxygen atoms in total. The molecular weight excluding hydrogens is 574 g/mol. The van der Waals surface area contributed by atoms with Gasteiger partial charge in [0.2, 0.25) is 11.8 Å². The first-order valence-electron chi connectivity index (χ1n) is 13.0. The lowest BCUT2D eigenvalue weighted by Crippen LogP contribution is -2.42. The van der Waals surface area contributed by atoms with Gasteiger partial charge in [-0.2, -0.15) is 5.10 Å². The molecule has 206 valence electrons. The second kappa shape index (κ2) is 11.9. The highest BCUT2D eigenvalue weighted by Gasteiger charge is 2.38. The van der Waals surface area contributed by atoms with Crippen molar-refractivity contribution in [3.8, 4) is 16.9 Å². The number of pyridine rings is 1. The van der Waals surface area contributed by atoms with E-state index in [-0.39, 0.29) is 29.4 Å². The molecule has 0 unspecified atom stereocenters. The maximum Gasteiger partial charge on any atom is 0.240 e. The van der Waals surface area contributed by atoms with Crippen molar-refractivity contribution in [2.75, 3.05) is 17.2 Å². The van der Waals surface area contributed by atoms with E-state index >= 15 is 0 Å². The Morgan fingerprint density at radius 3 is 2.51 bits per heavy atom. The number of carbonyl (C=O) groups excluding carboxylic acids is 2. The molecule has 2 amide bonds. The molecule has 4 heterocycles. The molecule has 0 bridgehead atoms. The maximum atomic E-state index is 13.8. The van der Waals surface area contributed by atoms with Crippen LogP contribution in [0.1, 0.15) is 26.8 Å². The van der Waals surface area contributed by atoms with E-state index in [1.807, 2.05) is 79.0 Å². The van der Waals surface area contributed by atoms with Gasteiger partial charge >= 0.3 is 0 Å². The summed E-state index contributed by atoms with van der Waals surface area (Å²) < 4.78 is 1.80. The zero-order valence-corrected chi connectivity index (χ0v) is 24.5. The molecule has 5 aromatic rings. The first kappa shape index (κ1) is 27.3. The minimum atomic E-state index is -0.259. The molecule has 10 heteroatoms. The Morgan fingerprint density at radius 2 is 1.80 bits per heavy atom. The van der Waals surface area contributed by atoms with Gasteiger partial charge < -0.3 is 5.32 Å². The lowest BCUT2D eigenvalue weighted by Gasteiger charge is -2.23. The Morgan fingerprint density at radius 1 is 1.05 bits per heavy atom. The van der Waals surface area contributed by atoms with Crippen LogP contribution in [0.2, 0.25) is 5.02 Å². The van der Waals surface area contributed by atoms with Crippen molar-refractivity contribution in [3.05, 3.63) is 117 Å². The zero-order valence-electron chi connectivity index (χ0n) is 22.2. The number of rotatable bonds is 7. The van der Waals surface area contributed by atoms with Gasteiger partial charge in [0.25, 0.3) is 0 Å². The summed E-state index contributed by atoms with van der Waals surface area (Å²) in [5.41, 5.74) is 5.38. The van der Waals surface area contributed by atoms with Gasteiger partial charge in [0.05, 0.1) is 22.4 Å². The fourth-order valence-electron chi connectivity index (χ4n) is 4.77. The number of amides is 2.